The highest BCUT2D eigenvalue weighted by Gasteiger charge is 2.23. The molecule has 0 aromatic heterocycles. The van der Waals surface area contributed by atoms with Crippen molar-refractivity contribution in [3.8, 4) is 0 Å². The molecule has 8 heteroatoms. The number of halogens is 1. The number of carbonyl (C=O) groups is 1. The van der Waals surface area contributed by atoms with Gasteiger partial charge in [0.05, 0.1) is 5.92 Å². The average Bonchev–Trinajstić information content (AvgIpc) is 2.72. The van der Waals surface area contributed by atoms with Gasteiger partial charge < -0.3 is 26.2 Å². The van der Waals surface area contributed by atoms with Crippen molar-refractivity contribution < 1.29 is 9.18 Å². The van der Waals surface area contributed by atoms with Crippen LogP contribution in [0.3, 0.4) is 0 Å². The number of hydrogen-bond acceptors (Lipinski definition) is 4. The Kier molecular flexibility index (Phi) is 7.08. The molecule has 0 aliphatic carbocycles. The van der Waals surface area contributed by atoms with Gasteiger partial charge in [-0.15, -0.1) is 0 Å². The Morgan fingerprint density at radius 3 is 2.50 bits per heavy atom. The Morgan fingerprint density at radius 2 is 1.82 bits per heavy atom. The van der Waals surface area contributed by atoms with E-state index in [9.17, 15) is 9.18 Å². The Morgan fingerprint density at radius 1 is 1.11 bits per heavy atom. The first-order chi connectivity index (χ1) is 13.5. The van der Waals surface area contributed by atoms with Gasteiger partial charge in [0, 0.05) is 45.0 Å². The highest BCUT2D eigenvalue weighted by molar-refractivity contribution is 5.78. The molecule has 4 N–H and O–H groups in total. The van der Waals surface area contributed by atoms with E-state index in [2.05, 4.69) is 19.7 Å². The number of carbonyl (C=O) groups excluding carboxylic acids is 1. The van der Waals surface area contributed by atoms with Crippen LogP contribution >= 0.6 is 0 Å². The third-order valence-corrected chi connectivity index (χ3v) is 5.61. The quantitative estimate of drug-likeness (QED) is 0.427. The van der Waals surface area contributed by atoms with Crippen molar-refractivity contribution in [1.29, 1.82) is 0 Å². The van der Waals surface area contributed by atoms with Crippen LogP contribution in [0.1, 0.15) is 19.3 Å². The zero-order valence-corrected chi connectivity index (χ0v) is 16.4. The van der Waals surface area contributed by atoms with E-state index < -0.39 is 0 Å². The second kappa shape index (κ2) is 9.73. The first kappa shape index (κ1) is 20.4. The largest absolute Gasteiger partial charge is 0.370 e. The summed E-state index contributed by atoms with van der Waals surface area (Å²) in [6.07, 6.45) is 2.85. The van der Waals surface area contributed by atoms with E-state index in [0.717, 1.165) is 70.8 Å². The molecule has 1 unspecified atom stereocenters. The summed E-state index contributed by atoms with van der Waals surface area (Å²) in [6, 6.07) is 6.61. The van der Waals surface area contributed by atoms with Gasteiger partial charge in [-0.25, -0.2) is 4.39 Å². The normalized spacial score (nSPS) is 21.8. The smallest absolute Gasteiger partial charge is 0.221 e. The van der Waals surface area contributed by atoms with Crippen molar-refractivity contribution in [3.05, 3.63) is 30.1 Å². The third-order valence-electron chi connectivity index (χ3n) is 5.61. The number of primary amides is 1. The van der Waals surface area contributed by atoms with Gasteiger partial charge in [0.25, 0.3) is 0 Å². The summed E-state index contributed by atoms with van der Waals surface area (Å²) >= 11 is 0. The van der Waals surface area contributed by atoms with Crippen molar-refractivity contribution in [3.63, 3.8) is 0 Å². The Hall–Kier alpha value is -2.35. The molecule has 2 aliphatic rings. The number of piperazine rings is 1. The number of aliphatic imine (C=N–C) groups is 1. The van der Waals surface area contributed by atoms with Crippen LogP contribution in [0.2, 0.25) is 0 Å². The summed E-state index contributed by atoms with van der Waals surface area (Å²) in [5.41, 5.74) is 12.6. The number of rotatable bonds is 6. The highest BCUT2D eigenvalue weighted by atomic mass is 19.1. The number of nitrogens with zero attached hydrogens (tertiary/aromatic N) is 4. The lowest BCUT2D eigenvalue weighted by molar-refractivity contribution is -0.123. The zero-order valence-electron chi connectivity index (χ0n) is 16.4. The monoisotopic (exact) mass is 390 g/mol. The second-order valence-corrected chi connectivity index (χ2v) is 7.59. The topological polar surface area (TPSA) is 91.2 Å². The minimum Gasteiger partial charge on any atom is -0.370 e. The molecule has 0 radical (unpaired) electrons. The number of anilines is 1. The number of likely N-dealkylation sites (tertiary alicyclic amines) is 1. The summed E-state index contributed by atoms with van der Waals surface area (Å²) < 4.78 is 13.1. The van der Waals surface area contributed by atoms with Crippen molar-refractivity contribution in [2.24, 2.45) is 22.4 Å². The van der Waals surface area contributed by atoms with Crippen LogP contribution in [0.4, 0.5) is 10.1 Å². The Balaban J connectivity index is 1.37. The molecule has 2 aliphatic heterocycles. The molecule has 1 aromatic carbocycles. The zero-order chi connectivity index (χ0) is 19.9. The molecule has 3 rings (SSSR count). The minimum atomic E-state index is -0.214. The highest BCUT2D eigenvalue weighted by Crippen LogP contribution is 2.17. The number of guanidine groups is 1. The van der Waals surface area contributed by atoms with E-state index in [0.29, 0.717) is 12.5 Å². The molecule has 1 atom stereocenters. The molecule has 1 amide bonds. The van der Waals surface area contributed by atoms with Crippen LogP contribution in [0.5, 0.6) is 0 Å². The number of piperidine rings is 1. The van der Waals surface area contributed by atoms with Gasteiger partial charge in [-0.05, 0) is 56.6 Å². The maximum absolute atomic E-state index is 13.1. The lowest BCUT2D eigenvalue weighted by Crippen LogP contribution is -2.51. The average molecular weight is 391 g/mol. The Bertz CT molecular complexity index is 672. The molecule has 0 spiro atoms. The van der Waals surface area contributed by atoms with Crippen molar-refractivity contribution in [2.45, 2.75) is 19.3 Å². The van der Waals surface area contributed by atoms with E-state index in [4.69, 9.17) is 11.5 Å². The van der Waals surface area contributed by atoms with E-state index in [1.54, 1.807) is 0 Å². The van der Waals surface area contributed by atoms with E-state index in [1.165, 1.54) is 12.1 Å². The number of nitrogens with two attached hydrogens (primary N) is 2. The fraction of sp³-hybridized carbons (Fsp3) is 0.600. The minimum absolute atomic E-state index is 0.0141. The molecule has 2 heterocycles. The van der Waals surface area contributed by atoms with Gasteiger partial charge >= 0.3 is 0 Å². The number of benzene rings is 1. The van der Waals surface area contributed by atoms with Crippen molar-refractivity contribution in [1.82, 2.24) is 9.80 Å². The van der Waals surface area contributed by atoms with Crippen molar-refractivity contribution in [2.75, 3.05) is 57.3 Å². The fourth-order valence-electron chi connectivity index (χ4n) is 3.92. The van der Waals surface area contributed by atoms with Crippen molar-refractivity contribution >= 4 is 17.6 Å². The van der Waals surface area contributed by atoms with Gasteiger partial charge in [0.2, 0.25) is 5.91 Å². The predicted molar refractivity (Wildman–Crippen MR) is 110 cm³/mol. The molecule has 2 saturated heterocycles. The van der Waals surface area contributed by atoms with E-state index in [1.807, 2.05) is 12.1 Å². The predicted octanol–water partition coefficient (Wildman–Crippen LogP) is 0.850. The molecular weight excluding hydrogens is 359 g/mol. The molecule has 154 valence electrons. The summed E-state index contributed by atoms with van der Waals surface area (Å²) in [4.78, 5) is 22.5. The van der Waals surface area contributed by atoms with Gasteiger partial charge in [0.15, 0.2) is 5.96 Å². The summed E-state index contributed by atoms with van der Waals surface area (Å²) in [5, 5.41) is 0. The van der Waals surface area contributed by atoms with Crippen LogP contribution in [0.15, 0.2) is 29.3 Å². The van der Waals surface area contributed by atoms with Crippen LogP contribution in [-0.4, -0.2) is 74.0 Å². The van der Waals surface area contributed by atoms with E-state index in [-0.39, 0.29) is 17.6 Å². The molecule has 1 aromatic rings. The van der Waals surface area contributed by atoms with Crippen LogP contribution in [0.25, 0.3) is 0 Å². The first-order valence-corrected chi connectivity index (χ1v) is 10.1. The molecule has 0 saturated carbocycles. The molecule has 28 heavy (non-hydrogen) atoms. The van der Waals surface area contributed by atoms with Gasteiger partial charge in [-0.1, -0.05) is 0 Å². The summed E-state index contributed by atoms with van der Waals surface area (Å²) in [6.45, 7) is 6.67. The molecule has 7 nitrogen and oxygen atoms in total. The first-order valence-electron chi connectivity index (χ1n) is 10.1. The molecule has 0 bridgehead atoms. The number of amides is 1. The van der Waals surface area contributed by atoms with Crippen LogP contribution < -0.4 is 16.4 Å². The number of hydrogen-bond donors (Lipinski definition) is 2. The van der Waals surface area contributed by atoms with E-state index >= 15 is 0 Å². The van der Waals surface area contributed by atoms with Gasteiger partial charge in [0.1, 0.15) is 5.82 Å². The molecule has 2 fully saturated rings. The third kappa shape index (κ3) is 5.58. The SMILES string of the molecule is NC(=O)C1CCCN(CCCN=C(N)N2CCN(c3ccc(F)cc3)CC2)C1. The van der Waals surface area contributed by atoms with Gasteiger partial charge in [-0.3, -0.25) is 9.79 Å². The summed E-state index contributed by atoms with van der Waals surface area (Å²) in [5.74, 6) is 0.173. The lowest BCUT2D eigenvalue weighted by Gasteiger charge is -2.36. The van der Waals surface area contributed by atoms with Gasteiger partial charge in [-0.2, -0.15) is 0 Å². The Labute approximate surface area is 166 Å². The standard InChI is InChI=1S/C20H31FN6O/c21-17-4-6-18(7-5-17)26-11-13-27(14-12-26)20(23)24-8-2-10-25-9-1-3-16(15-25)19(22)28/h4-7,16H,1-3,8-15H2,(H2,22,28)(H2,23,24). The second-order valence-electron chi connectivity index (χ2n) is 7.59. The van der Waals surface area contributed by atoms with Crippen LogP contribution in [-0.2, 0) is 4.79 Å². The van der Waals surface area contributed by atoms with Crippen LogP contribution in [0, 0.1) is 11.7 Å². The summed E-state index contributed by atoms with van der Waals surface area (Å²) in [7, 11) is 0. The maximum atomic E-state index is 13.1. The fourth-order valence-corrected chi connectivity index (χ4v) is 3.92. The lowest BCUT2D eigenvalue weighted by atomic mass is 9.97. The maximum Gasteiger partial charge on any atom is 0.221 e. The molecular formula is C20H31FN6O.